The molecule has 0 fully saturated rings. The number of nitrogens with one attached hydrogen (secondary N) is 1. The largest absolute Gasteiger partial charge is 0.292 e. The first kappa shape index (κ1) is 24.6. The van der Waals surface area contributed by atoms with Gasteiger partial charge >= 0.3 is 0 Å². The fraction of sp³-hybridized carbons (Fsp3) is 0.0435. The van der Waals surface area contributed by atoms with Crippen molar-refractivity contribution in [3.8, 4) is 17.1 Å². The quantitative estimate of drug-likeness (QED) is 0.115. The summed E-state index contributed by atoms with van der Waals surface area (Å²) in [6, 6.07) is 19.5. The predicted molar refractivity (Wildman–Crippen MR) is 141 cm³/mol. The van der Waals surface area contributed by atoms with E-state index in [0.29, 0.717) is 42.3 Å². The maximum Gasteiger partial charge on any atom is 0.202 e. The second-order valence-corrected chi connectivity index (χ2v) is 9.56. The number of rotatable bonds is 6. The molecule has 0 unspecified atom stereocenters. The van der Waals surface area contributed by atoms with Gasteiger partial charge in [-0.05, 0) is 60.3 Å². The van der Waals surface area contributed by atoms with E-state index < -0.39 is 0 Å². The van der Waals surface area contributed by atoms with Crippen molar-refractivity contribution in [2.45, 2.75) is 12.1 Å². The average Bonchev–Trinajstić information content (AvgIpc) is 3.21. The van der Waals surface area contributed by atoms with Crippen molar-refractivity contribution in [2.24, 2.45) is 5.10 Å². The number of carbonyl (C=O) groups excluding carboxylic acids is 1. The van der Waals surface area contributed by atoms with E-state index >= 15 is 0 Å². The molecule has 0 amide bonds. The minimum Gasteiger partial charge on any atom is -0.292 e. The number of carbonyl (C=O) groups is 1. The molecule has 3 aromatic carbocycles. The Bertz CT molecular complexity index is 1390. The summed E-state index contributed by atoms with van der Waals surface area (Å²) in [5.41, 5.74) is 4.75. The molecule has 34 heavy (non-hydrogen) atoms. The summed E-state index contributed by atoms with van der Waals surface area (Å²) in [5, 5.41) is 15.3. The topological polar surface area (TPSA) is 72.2 Å². The maximum atomic E-state index is 12.4. The van der Waals surface area contributed by atoms with E-state index in [1.165, 1.54) is 6.92 Å². The van der Waals surface area contributed by atoms with Crippen molar-refractivity contribution in [1.29, 1.82) is 0 Å². The highest BCUT2D eigenvalue weighted by molar-refractivity contribution is 8.15. The Morgan fingerprint density at radius 2 is 1.59 bits per heavy atom. The normalized spacial score (nSPS) is 11.5. The summed E-state index contributed by atoms with van der Waals surface area (Å²) in [6.45, 7) is 1.41. The number of benzene rings is 3. The van der Waals surface area contributed by atoms with E-state index in [1.807, 2.05) is 30.3 Å². The van der Waals surface area contributed by atoms with Crippen molar-refractivity contribution in [2.75, 3.05) is 5.43 Å². The van der Waals surface area contributed by atoms with Crippen molar-refractivity contribution >= 4 is 74.7 Å². The zero-order chi connectivity index (χ0) is 24.2. The molecule has 0 aliphatic carbocycles. The molecule has 1 aromatic heterocycles. The molecule has 0 radical (unpaired) electrons. The number of ketones is 1. The van der Waals surface area contributed by atoms with Gasteiger partial charge in [-0.1, -0.05) is 64.6 Å². The van der Waals surface area contributed by atoms with Crippen LogP contribution in [0.5, 0.6) is 0 Å². The monoisotopic (exact) mass is 549 g/mol. The summed E-state index contributed by atoms with van der Waals surface area (Å²) in [6.07, 6.45) is 0. The summed E-state index contributed by atoms with van der Waals surface area (Å²) >= 11 is 25.7. The van der Waals surface area contributed by atoms with Crippen LogP contribution in [0, 0.1) is 0 Å². The highest BCUT2D eigenvalue weighted by Crippen LogP contribution is 2.34. The maximum absolute atomic E-state index is 12.4. The van der Waals surface area contributed by atoms with Crippen LogP contribution in [0.4, 0.5) is 5.69 Å². The zero-order valence-corrected chi connectivity index (χ0v) is 21.3. The van der Waals surface area contributed by atoms with E-state index in [9.17, 15) is 4.79 Å². The van der Waals surface area contributed by atoms with Gasteiger partial charge in [0.1, 0.15) is 0 Å². The third-order valence-electron chi connectivity index (χ3n) is 4.52. The summed E-state index contributed by atoms with van der Waals surface area (Å²) in [4.78, 5) is 12.4. The van der Waals surface area contributed by atoms with Crippen molar-refractivity contribution in [3.63, 3.8) is 0 Å². The van der Waals surface area contributed by atoms with Gasteiger partial charge in [-0.15, -0.1) is 10.2 Å². The molecule has 172 valence electrons. The van der Waals surface area contributed by atoms with Crippen LogP contribution in [0.3, 0.4) is 0 Å². The zero-order valence-electron chi connectivity index (χ0n) is 17.5. The minimum absolute atomic E-state index is 0.157. The molecular formula is C23H15Cl4N5OS. The second-order valence-electron chi connectivity index (χ2n) is 6.91. The predicted octanol–water partition coefficient (Wildman–Crippen LogP) is 7.65. The lowest BCUT2D eigenvalue weighted by Gasteiger charge is -2.12. The molecule has 4 aromatic rings. The Morgan fingerprint density at radius 3 is 2.24 bits per heavy atom. The van der Waals surface area contributed by atoms with E-state index in [4.69, 9.17) is 46.4 Å². The van der Waals surface area contributed by atoms with Gasteiger partial charge in [-0.2, -0.15) is 5.10 Å². The molecule has 4 rings (SSSR count). The molecule has 1 heterocycles. The first-order chi connectivity index (χ1) is 16.3. The Morgan fingerprint density at radius 1 is 0.912 bits per heavy atom. The number of hydrazone groups is 1. The lowest BCUT2D eigenvalue weighted by atomic mass is 10.2. The summed E-state index contributed by atoms with van der Waals surface area (Å²) in [5.74, 6) is 0.225. The number of Topliss-reactive ketones (excluding diaryl/α,β-unsaturated/α-hetero) is 1. The SMILES string of the molecule is CC(=O)C(=NNc1ccc(Cl)cc1Cl)Sc1nnc(-c2ccc(Cl)cc2Cl)n1-c1ccccc1. The highest BCUT2D eigenvalue weighted by atomic mass is 35.5. The van der Waals surface area contributed by atoms with Crippen LogP contribution < -0.4 is 5.43 Å². The Balaban J connectivity index is 1.75. The third kappa shape index (κ3) is 5.56. The lowest BCUT2D eigenvalue weighted by molar-refractivity contribution is -0.110. The van der Waals surface area contributed by atoms with Crippen LogP contribution in [-0.2, 0) is 4.79 Å². The molecule has 0 atom stereocenters. The minimum atomic E-state index is -0.267. The smallest absolute Gasteiger partial charge is 0.202 e. The average molecular weight is 551 g/mol. The summed E-state index contributed by atoms with van der Waals surface area (Å²) in [7, 11) is 0. The van der Waals surface area contributed by atoms with Crippen LogP contribution in [0.1, 0.15) is 6.92 Å². The van der Waals surface area contributed by atoms with Crippen molar-refractivity contribution in [3.05, 3.63) is 86.8 Å². The number of nitrogens with zero attached hydrogens (tertiary/aromatic N) is 4. The Labute approximate surface area is 219 Å². The van der Waals surface area contributed by atoms with E-state index in [2.05, 4.69) is 20.7 Å². The van der Waals surface area contributed by atoms with Crippen LogP contribution in [0.25, 0.3) is 17.1 Å². The van der Waals surface area contributed by atoms with E-state index in [-0.39, 0.29) is 10.8 Å². The molecule has 0 aliphatic rings. The summed E-state index contributed by atoms with van der Waals surface area (Å²) < 4.78 is 1.80. The highest BCUT2D eigenvalue weighted by Gasteiger charge is 2.21. The number of hydrogen-bond acceptors (Lipinski definition) is 6. The van der Waals surface area contributed by atoms with Crippen molar-refractivity contribution in [1.82, 2.24) is 14.8 Å². The Kier molecular flexibility index (Phi) is 7.80. The van der Waals surface area contributed by atoms with Gasteiger partial charge in [0, 0.05) is 28.2 Å². The molecular weight excluding hydrogens is 536 g/mol. The van der Waals surface area contributed by atoms with E-state index in [1.54, 1.807) is 41.0 Å². The number of anilines is 1. The fourth-order valence-electron chi connectivity index (χ4n) is 2.94. The van der Waals surface area contributed by atoms with Gasteiger partial charge < -0.3 is 0 Å². The third-order valence-corrected chi connectivity index (χ3v) is 6.63. The van der Waals surface area contributed by atoms with E-state index in [0.717, 1.165) is 17.4 Å². The second kappa shape index (κ2) is 10.8. The molecule has 0 bridgehead atoms. The fourth-order valence-corrected chi connectivity index (χ4v) is 4.66. The molecule has 0 aliphatic heterocycles. The van der Waals surface area contributed by atoms with Gasteiger partial charge in [0.25, 0.3) is 0 Å². The Hall–Kier alpha value is -2.55. The molecule has 0 saturated heterocycles. The number of aromatic nitrogens is 3. The number of para-hydroxylation sites is 1. The van der Waals surface area contributed by atoms with Crippen LogP contribution >= 0.6 is 58.2 Å². The first-order valence-electron chi connectivity index (χ1n) is 9.77. The van der Waals surface area contributed by atoms with Gasteiger partial charge in [0.05, 0.1) is 15.7 Å². The molecule has 0 spiro atoms. The van der Waals surface area contributed by atoms with Gasteiger partial charge in [-0.3, -0.25) is 14.8 Å². The van der Waals surface area contributed by atoms with Gasteiger partial charge in [0.2, 0.25) is 5.16 Å². The number of hydrogen-bond donors (Lipinski definition) is 1. The number of thioether (sulfide) groups is 1. The molecule has 11 heteroatoms. The standard InChI is InChI=1S/C23H15Cl4N5OS/c1-13(33)22(30-28-20-10-8-15(25)12-19(20)27)34-23-31-29-21(17-9-7-14(24)11-18(17)26)32(23)16-5-3-2-4-6-16/h2-12,28H,1H3. The molecule has 1 N–H and O–H groups in total. The first-order valence-corrected chi connectivity index (χ1v) is 12.1. The lowest BCUT2D eigenvalue weighted by Crippen LogP contribution is -2.10. The van der Waals surface area contributed by atoms with Gasteiger partial charge in [0.15, 0.2) is 16.7 Å². The van der Waals surface area contributed by atoms with Crippen LogP contribution in [0.15, 0.2) is 77.0 Å². The number of halogens is 4. The van der Waals surface area contributed by atoms with Gasteiger partial charge in [-0.25, -0.2) is 0 Å². The molecule has 0 saturated carbocycles. The molecule has 6 nitrogen and oxygen atoms in total. The van der Waals surface area contributed by atoms with Crippen LogP contribution in [0.2, 0.25) is 20.1 Å². The van der Waals surface area contributed by atoms with Crippen molar-refractivity contribution < 1.29 is 4.79 Å². The van der Waals surface area contributed by atoms with Crippen LogP contribution in [-0.4, -0.2) is 25.6 Å².